The second-order valence-electron chi connectivity index (χ2n) is 5.43. The fourth-order valence-corrected chi connectivity index (χ4v) is 2.42. The van der Waals surface area contributed by atoms with Crippen LogP contribution in [0.3, 0.4) is 0 Å². The van der Waals surface area contributed by atoms with Crippen LogP contribution in [-0.2, 0) is 14.9 Å². The van der Waals surface area contributed by atoms with Crippen LogP contribution < -0.4 is 10.4 Å². The summed E-state index contributed by atoms with van der Waals surface area (Å²) in [6.07, 6.45) is 0.847. The zero-order valence-corrected chi connectivity index (χ0v) is 11.9. The maximum atomic E-state index is 10.3. The summed E-state index contributed by atoms with van der Waals surface area (Å²) in [5.74, 6) is -0.993. The van der Waals surface area contributed by atoms with Crippen molar-refractivity contribution in [3.63, 3.8) is 0 Å². The number of carboxylic acid groups (broad SMARTS) is 1. The molecule has 0 aromatic carbocycles. The standard InChI is InChI=1S/C5H11NO3S.C5H11NO2/c7-10(8,9)4-5-1-2-6-3-5;1-6(2,3)4-5(7)8/h5-6H,1-4H2,(H,7,8,9);4H2,1-3H3. The van der Waals surface area contributed by atoms with Crippen LogP contribution >= 0.6 is 0 Å². The average molecular weight is 282 g/mol. The summed E-state index contributed by atoms with van der Waals surface area (Å²) in [5, 5.41) is 12.9. The van der Waals surface area contributed by atoms with Crippen molar-refractivity contribution < 1.29 is 27.4 Å². The zero-order chi connectivity index (χ0) is 14.4. The molecule has 0 amide bonds. The third kappa shape index (κ3) is 11.8. The summed E-state index contributed by atoms with van der Waals surface area (Å²) in [4.78, 5) is 9.89. The molecule has 0 aliphatic carbocycles. The molecule has 1 aliphatic rings. The van der Waals surface area contributed by atoms with Crippen LogP contribution in [0.25, 0.3) is 0 Å². The van der Waals surface area contributed by atoms with E-state index in [-0.39, 0.29) is 18.2 Å². The Morgan fingerprint density at radius 1 is 1.44 bits per heavy atom. The van der Waals surface area contributed by atoms with E-state index in [4.69, 9.17) is 4.55 Å². The molecular formula is C10H22N2O5S. The van der Waals surface area contributed by atoms with E-state index < -0.39 is 16.1 Å². The molecule has 1 fully saturated rings. The highest BCUT2D eigenvalue weighted by molar-refractivity contribution is 7.85. The largest absolute Gasteiger partial charge is 0.544 e. The highest BCUT2D eigenvalue weighted by Gasteiger charge is 2.19. The van der Waals surface area contributed by atoms with Crippen LogP contribution in [0, 0.1) is 5.92 Å². The number of hydrogen-bond donors (Lipinski definition) is 2. The minimum atomic E-state index is -3.75. The van der Waals surface area contributed by atoms with E-state index in [1.54, 1.807) is 21.1 Å². The topological polar surface area (TPSA) is 107 Å². The number of aliphatic carboxylic acids is 1. The van der Waals surface area contributed by atoms with E-state index in [0.29, 0.717) is 11.0 Å². The van der Waals surface area contributed by atoms with Gasteiger partial charge in [-0.05, 0) is 25.4 Å². The smallest absolute Gasteiger partial charge is 0.265 e. The molecule has 0 bridgehead atoms. The van der Waals surface area contributed by atoms with E-state index in [1.165, 1.54) is 0 Å². The van der Waals surface area contributed by atoms with Gasteiger partial charge in [-0.3, -0.25) is 4.55 Å². The molecule has 1 heterocycles. The summed E-state index contributed by atoms with van der Waals surface area (Å²) >= 11 is 0. The number of nitrogens with zero attached hydrogens (tertiary/aromatic N) is 1. The lowest BCUT2D eigenvalue weighted by atomic mass is 10.2. The van der Waals surface area contributed by atoms with Crippen LogP contribution in [0.1, 0.15) is 6.42 Å². The van der Waals surface area contributed by atoms with Crippen molar-refractivity contribution in [3.8, 4) is 0 Å². The minimum Gasteiger partial charge on any atom is -0.544 e. The average Bonchev–Trinajstić information content (AvgIpc) is 2.48. The van der Waals surface area contributed by atoms with Gasteiger partial charge in [0.2, 0.25) is 0 Å². The normalized spacial score (nSPS) is 20.1. The number of quaternary nitrogens is 1. The third-order valence-corrected chi connectivity index (χ3v) is 3.10. The van der Waals surface area contributed by atoms with Crippen molar-refractivity contribution >= 4 is 16.1 Å². The van der Waals surface area contributed by atoms with E-state index in [2.05, 4.69) is 5.32 Å². The van der Waals surface area contributed by atoms with Gasteiger partial charge in [-0.25, -0.2) is 0 Å². The number of rotatable bonds is 4. The Hall–Kier alpha value is -0.700. The van der Waals surface area contributed by atoms with E-state index in [0.717, 1.165) is 13.0 Å². The first-order valence-corrected chi connectivity index (χ1v) is 7.27. The summed E-state index contributed by atoms with van der Waals surface area (Å²) in [5.41, 5.74) is 0. The summed E-state index contributed by atoms with van der Waals surface area (Å²) in [7, 11) is 1.66. The van der Waals surface area contributed by atoms with E-state index in [1.807, 2.05) is 0 Å². The lowest BCUT2D eigenvalue weighted by Gasteiger charge is -2.23. The van der Waals surface area contributed by atoms with Crippen LogP contribution in [0.15, 0.2) is 0 Å². The molecule has 1 unspecified atom stereocenters. The lowest BCUT2D eigenvalue weighted by molar-refractivity contribution is -0.864. The Balaban J connectivity index is 0.000000331. The van der Waals surface area contributed by atoms with Crippen molar-refractivity contribution in [2.75, 3.05) is 46.5 Å². The summed E-state index contributed by atoms with van der Waals surface area (Å²) < 4.78 is 29.5. The molecule has 1 rings (SSSR count). The Bertz CT molecular complexity index is 355. The predicted molar refractivity (Wildman–Crippen MR) is 65.3 cm³/mol. The molecule has 108 valence electrons. The van der Waals surface area contributed by atoms with Gasteiger partial charge >= 0.3 is 0 Å². The van der Waals surface area contributed by atoms with E-state index in [9.17, 15) is 18.3 Å². The van der Waals surface area contributed by atoms with Gasteiger partial charge in [0.1, 0.15) is 6.54 Å². The molecule has 2 N–H and O–H groups in total. The molecule has 0 aromatic heterocycles. The number of hydrogen-bond acceptors (Lipinski definition) is 5. The SMILES string of the molecule is C[N+](C)(C)CC(=O)[O-].O=S(=O)(O)CC1CCNC1. The molecule has 0 aromatic rings. The van der Waals surface area contributed by atoms with Gasteiger partial charge in [0.05, 0.1) is 32.9 Å². The van der Waals surface area contributed by atoms with Crippen LogP contribution in [0.4, 0.5) is 0 Å². The molecule has 1 aliphatic heterocycles. The van der Waals surface area contributed by atoms with Gasteiger partial charge in [-0.1, -0.05) is 0 Å². The third-order valence-electron chi connectivity index (χ3n) is 2.21. The highest BCUT2D eigenvalue weighted by Crippen LogP contribution is 2.08. The first kappa shape index (κ1) is 17.3. The Labute approximate surface area is 108 Å². The molecule has 0 spiro atoms. The molecule has 1 atom stereocenters. The first-order valence-electron chi connectivity index (χ1n) is 5.66. The molecule has 7 nitrogen and oxygen atoms in total. The molecular weight excluding hydrogens is 260 g/mol. The van der Waals surface area contributed by atoms with Crippen molar-refractivity contribution in [1.82, 2.24) is 5.32 Å². The lowest BCUT2D eigenvalue weighted by Crippen LogP contribution is -2.45. The maximum Gasteiger partial charge on any atom is 0.265 e. The first-order chi connectivity index (χ1) is 7.99. The van der Waals surface area contributed by atoms with Crippen molar-refractivity contribution in [2.24, 2.45) is 5.92 Å². The van der Waals surface area contributed by atoms with Gasteiger partial charge < -0.3 is 19.7 Å². The van der Waals surface area contributed by atoms with Crippen LogP contribution in [-0.4, -0.2) is 70.0 Å². The van der Waals surface area contributed by atoms with Crippen molar-refractivity contribution in [2.45, 2.75) is 6.42 Å². The van der Waals surface area contributed by atoms with Gasteiger partial charge in [0.25, 0.3) is 10.1 Å². The Morgan fingerprint density at radius 2 is 2.00 bits per heavy atom. The van der Waals surface area contributed by atoms with E-state index >= 15 is 0 Å². The van der Waals surface area contributed by atoms with Crippen LogP contribution in [0.5, 0.6) is 0 Å². The number of carboxylic acids is 1. The van der Waals surface area contributed by atoms with Gasteiger partial charge in [0.15, 0.2) is 0 Å². The summed E-state index contributed by atoms with van der Waals surface area (Å²) in [6, 6.07) is 0. The molecule has 8 heteroatoms. The highest BCUT2D eigenvalue weighted by atomic mass is 32.2. The fraction of sp³-hybridized carbons (Fsp3) is 0.900. The second kappa shape index (κ2) is 7.03. The molecule has 18 heavy (non-hydrogen) atoms. The number of carbonyl (C=O) groups is 1. The second-order valence-corrected chi connectivity index (χ2v) is 6.93. The van der Waals surface area contributed by atoms with Crippen molar-refractivity contribution in [1.29, 1.82) is 0 Å². The minimum absolute atomic E-state index is 0.0694. The quantitative estimate of drug-likeness (QED) is 0.453. The van der Waals surface area contributed by atoms with Gasteiger partial charge in [0, 0.05) is 0 Å². The monoisotopic (exact) mass is 282 g/mol. The Morgan fingerprint density at radius 3 is 2.22 bits per heavy atom. The molecule has 1 saturated heterocycles. The number of carbonyl (C=O) groups excluding carboxylic acids is 1. The van der Waals surface area contributed by atoms with Crippen molar-refractivity contribution in [3.05, 3.63) is 0 Å². The zero-order valence-electron chi connectivity index (χ0n) is 11.0. The fourth-order valence-electron chi connectivity index (χ4n) is 1.54. The molecule has 0 radical (unpaired) electrons. The Kier molecular flexibility index (Phi) is 6.76. The van der Waals surface area contributed by atoms with Gasteiger partial charge in [-0.2, -0.15) is 8.42 Å². The maximum absolute atomic E-state index is 10.3. The predicted octanol–water partition coefficient (Wildman–Crippen LogP) is -2.07. The number of nitrogens with one attached hydrogen (secondary N) is 1. The van der Waals surface area contributed by atoms with Gasteiger partial charge in [-0.15, -0.1) is 0 Å². The van der Waals surface area contributed by atoms with Crippen LogP contribution in [0.2, 0.25) is 0 Å². The molecule has 0 saturated carbocycles. The summed E-state index contributed by atoms with van der Waals surface area (Å²) in [6.45, 7) is 1.64. The number of likely N-dealkylation sites (N-methyl/N-ethyl adjacent to an activating group) is 1.